The second-order valence-electron chi connectivity index (χ2n) is 4.33. The summed E-state index contributed by atoms with van der Waals surface area (Å²) in [7, 11) is 1.87. The largest absolute Gasteiger partial charge is 0.486 e. The van der Waals surface area contributed by atoms with Crippen LogP contribution in [0.25, 0.3) is 0 Å². The number of nitrogens with one attached hydrogen (secondary N) is 1. The highest BCUT2D eigenvalue weighted by Gasteiger charge is 2.23. The van der Waals surface area contributed by atoms with Crippen LogP contribution in [0.2, 0.25) is 0 Å². The van der Waals surface area contributed by atoms with Crippen molar-refractivity contribution in [2.45, 2.75) is 32.3 Å². The van der Waals surface area contributed by atoms with Gasteiger partial charge in [-0.15, -0.1) is 0 Å². The Morgan fingerprint density at radius 2 is 2.33 bits per heavy atom. The van der Waals surface area contributed by atoms with Gasteiger partial charge < -0.3 is 19.6 Å². The van der Waals surface area contributed by atoms with Crippen molar-refractivity contribution in [2.75, 3.05) is 19.0 Å². The molecule has 0 saturated heterocycles. The van der Waals surface area contributed by atoms with Crippen LogP contribution < -0.4 is 14.8 Å². The van der Waals surface area contributed by atoms with Gasteiger partial charge in [0.2, 0.25) is 0 Å². The van der Waals surface area contributed by atoms with Crippen LogP contribution in [0.5, 0.6) is 11.5 Å². The highest BCUT2D eigenvalue weighted by molar-refractivity contribution is 5.64. The zero-order chi connectivity index (χ0) is 13.0. The Bertz CT molecular complexity index is 431. The molecule has 0 aromatic heterocycles. The minimum atomic E-state index is 0.0968. The lowest BCUT2D eigenvalue weighted by molar-refractivity contribution is -0.107. The summed E-state index contributed by atoms with van der Waals surface area (Å²) < 4.78 is 11.7. The molecule has 0 amide bonds. The first kappa shape index (κ1) is 12.7. The van der Waals surface area contributed by atoms with Crippen LogP contribution in [0.3, 0.4) is 0 Å². The van der Waals surface area contributed by atoms with Gasteiger partial charge in [-0.2, -0.15) is 0 Å². The number of ether oxygens (including phenoxy) is 2. The summed E-state index contributed by atoms with van der Waals surface area (Å²) in [6.45, 7) is 2.67. The van der Waals surface area contributed by atoms with E-state index in [1.165, 1.54) is 0 Å². The number of hydrogen-bond donors (Lipinski definition) is 1. The predicted molar refractivity (Wildman–Crippen MR) is 70.6 cm³/mol. The molecule has 18 heavy (non-hydrogen) atoms. The van der Waals surface area contributed by atoms with Crippen LogP contribution in [0.15, 0.2) is 12.1 Å². The second kappa shape index (κ2) is 5.76. The van der Waals surface area contributed by atoms with Gasteiger partial charge in [0.25, 0.3) is 0 Å². The standard InChI is InChI=1S/C14H19NO3/c1-3-10-9-17-13-7-6-12(15-2)11(5-4-8-16)14(13)18-10/h6-8,10,15H,3-5,9H2,1-2H3. The summed E-state index contributed by atoms with van der Waals surface area (Å²) in [5.41, 5.74) is 2.02. The molecule has 4 heteroatoms. The van der Waals surface area contributed by atoms with E-state index in [4.69, 9.17) is 9.47 Å². The lowest BCUT2D eigenvalue weighted by Crippen LogP contribution is -2.29. The fourth-order valence-corrected chi connectivity index (χ4v) is 2.12. The number of carbonyl (C=O) groups excluding carboxylic acids is 1. The van der Waals surface area contributed by atoms with Crippen molar-refractivity contribution in [3.63, 3.8) is 0 Å². The van der Waals surface area contributed by atoms with Crippen molar-refractivity contribution in [1.82, 2.24) is 0 Å². The summed E-state index contributed by atoms with van der Waals surface area (Å²) in [6, 6.07) is 3.88. The molecule has 1 aromatic carbocycles. The maximum Gasteiger partial charge on any atom is 0.167 e. The van der Waals surface area contributed by atoms with E-state index in [1.807, 2.05) is 19.2 Å². The molecular weight excluding hydrogens is 230 g/mol. The molecule has 1 unspecified atom stereocenters. The molecule has 1 heterocycles. The van der Waals surface area contributed by atoms with Crippen molar-refractivity contribution in [2.24, 2.45) is 0 Å². The molecule has 0 aliphatic carbocycles. The van der Waals surface area contributed by atoms with Crippen LogP contribution in [0.4, 0.5) is 5.69 Å². The lowest BCUT2D eigenvalue weighted by atomic mass is 10.0. The van der Waals surface area contributed by atoms with Crippen LogP contribution in [-0.2, 0) is 11.2 Å². The van der Waals surface area contributed by atoms with Gasteiger partial charge in [0.1, 0.15) is 19.0 Å². The van der Waals surface area contributed by atoms with E-state index in [-0.39, 0.29) is 6.10 Å². The minimum absolute atomic E-state index is 0.0968. The predicted octanol–water partition coefficient (Wildman–Crippen LogP) is 2.41. The van der Waals surface area contributed by atoms with Gasteiger partial charge in [0.15, 0.2) is 11.5 Å². The molecule has 1 aliphatic heterocycles. The molecule has 98 valence electrons. The topological polar surface area (TPSA) is 47.6 Å². The zero-order valence-corrected chi connectivity index (χ0v) is 10.9. The highest BCUT2D eigenvalue weighted by atomic mass is 16.6. The average molecular weight is 249 g/mol. The number of benzene rings is 1. The molecule has 0 saturated carbocycles. The highest BCUT2D eigenvalue weighted by Crippen LogP contribution is 2.40. The number of aldehydes is 1. The minimum Gasteiger partial charge on any atom is -0.486 e. The van der Waals surface area contributed by atoms with E-state index in [0.29, 0.717) is 19.4 Å². The maximum atomic E-state index is 10.6. The van der Waals surface area contributed by atoms with Crippen LogP contribution in [0.1, 0.15) is 25.3 Å². The number of rotatable bonds is 5. The number of hydrogen-bond acceptors (Lipinski definition) is 4. The lowest BCUT2D eigenvalue weighted by Gasteiger charge is -2.28. The fourth-order valence-electron chi connectivity index (χ4n) is 2.12. The first-order chi connectivity index (χ1) is 8.80. The number of anilines is 1. The number of fused-ring (bicyclic) bond motifs is 1. The molecule has 1 aliphatic rings. The van der Waals surface area contributed by atoms with Crippen molar-refractivity contribution in [1.29, 1.82) is 0 Å². The van der Waals surface area contributed by atoms with E-state index < -0.39 is 0 Å². The molecule has 1 aromatic rings. The average Bonchev–Trinajstić information content (AvgIpc) is 2.43. The summed E-state index contributed by atoms with van der Waals surface area (Å²) in [6.07, 6.45) is 3.10. The summed E-state index contributed by atoms with van der Waals surface area (Å²) >= 11 is 0. The smallest absolute Gasteiger partial charge is 0.167 e. The van der Waals surface area contributed by atoms with Gasteiger partial charge in [0.05, 0.1) is 0 Å². The van der Waals surface area contributed by atoms with Gasteiger partial charge in [-0.3, -0.25) is 0 Å². The van der Waals surface area contributed by atoms with Crippen LogP contribution >= 0.6 is 0 Å². The fraction of sp³-hybridized carbons (Fsp3) is 0.500. The quantitative estimate of drug-likeness (QED) is 0.814. The molecule has 0 bridgehead atoms. The van der Waals surface area contributed by atoms with Crippen molar-refractivity contribution in [3.8, 4) is 11.5 Å². The summed E-state index contributed by atoms with van der Waals surface area (Å²) in [4.78, 5) is 10.6. The Balaban J connectivity index is 2.36. The molecular formula is C14H19NO3. The Labute approximate surface area is 107 Å². The summed E-state index contributed by atoms with van der Waals surface area (Å²) in [5.74, 6) is 1.57. The Morgan fingerprint density at radius 3 is 3.00 bits per heavy atom. The van der Waals surface area contributed by atoms with Gasteiger partial charge in [-0.1, -0.05) is 6.92 Å². The molecule has 0 fully saturated rings. The molecule has 4 nitrogen and oxygen atoms in total. The first-order valence-electron chi connectivity index (χ1n) is 6.36. The monoisotopic (exact) mass is 249 g/mol. The first-order valence-corrected chi connectivity index (χ1v) is 6.36. The normalized spacial score (nSPS) is 17.3. The third kappa shape index (κ3) is 2.42. The Morgan fingerprint density at radius 1 is 1.50 bits per heavy atom. The van der Waals surface area contributed by atoms with E-state index in [1.54, 1.807) is 0 Å². The Hall–Kier alpha value is -1.71. The van der Waals surface area contributed by atoms with Gasteiger partial charge in [0, 0.05) is 24.7 Å². The SMILES string of the molecule is CCC1COc2ccc(NC)c(CCC=O)c2O1. The third-order valence-corrected chi connectivity index (χ3v) is 3.17. The van der Waals surface area contributed by atoms with E-state index >= 15 is 0 Å². The van der Waals surface area contributed by atoms with Crippen molar-refractivity contribution < 1.29 is 14.3 Å². The van der Waals surface area contributed by atoms with Crippen molar-refractivity contribution >= 4 is 12.0 Å². The maximum absolute atomic E-state index is 10.6. The van der Waals surface area contributed by atoms with Gasteiger partial charge in [-0.05, 0) is 25.0 Å². The molecule has 1 N–H and O–H groups in total. The molecule has 0 spiro atoms. The van der Waals surface area contributed by atoms with E-state index in [0.717, 1.165) is 35.5 Å². The summed E-state index contributed by atoms with van der Waals surface area (Å²) in [5, 5.41) is 3.14. The second-order valence-corrected chi connectivity index (χ2v) is 4.33. The van der Waals surface area contributed by atoms with Gasteiger partial charge >= 0.3 is 0 Å². The molecule has 2 rings (SSSR count). The van der Waals surface area contributed by atoms with E-state index in [9.17, 15) is 4.79 Å². The number of carbonyl (C=O) groups is 1. The van der Waals surface area contributed by atoms with Crippen LogP contribution in [0, 0.1) is 0 Å². The van der Waals surface area contributed by atoms with Crippen molar-refractivity contribution in [3.05, 3.63) is 17.7 Å². The zero-order valence-electron chi connectivity index (χ0n) is 10.9. The van der Waals surface area contributed by atoms with E-state index in [2.05, 4.69) is 12.2 Å². The third-order valence-electron chi connectivity index (χ3n) is 3.17. The molecule has 0 radical (unpaired) electrons. The van der Waals surface area contributed by atoms with Gasteiger partial charge in [-0.25, -0.2) is 0 Å². The molecule has 1 atom stereocenters. The van der Waals surface area contributed by atoms with Crippen LogP contribution in [-0.4, -0.2) is 26.0 Å². The Kier molecular flexibility index (Phi) is 4.07.